The normalized spacial score (nSPS) is 16.2. The van der Waals surface area contributed by atoms with Crippen LogP contribution in [0.25, 0.3) is 0 Å². The van der Waals surface area contributed by atoms with Crippen molar-refractivity contribution in [2.45, 2.75) is 25.4 Å². The van der Waals surface area contributed by atoms with Crippen LogP contribution in [0.1, 0.15) is 18.4 Å². The van der Waals surface area contributed by atoms with Crippen LogP contribution in [0, 0.1) is 0 Å². The topological polar surface area (TPSA) is 87.7 Å². The summed E-state index contributed by atoms with van der Waals surface area (Å²) >= 11 is 0. The first-order valence-corrected chi connectivity index (χ1v) is 8.67. The van der Waals surface area contributed by atoms with Crippen molar-refractivity contribution in [1.29, 1.82) is 0 Å². The highest BCUT2D eigenvalue weighted by Gasteiger charge is 2.37. The third kappa shape index (κ3) is 4.44. The zero-order valence-electron chi connectivity index (χ0n) is 15.0. The zero-order valence-corrected chi connectivity index (χ0v) is 15.0. The van der Waals surface area contributed by atoms with E-state index in [2.05, 4.69) is 10.6 Å². The molecule has 2 aromatic rings. The molecule has 0 spiro atoms. The summed E-state index contributed by atoms with van der Waals surface area (Å²) < 4.78 is 5.19. The molecule has 1 heterocycles. The van der Waals surface area contributed by atoms with Gasteiger partial charge in [0.05, 0.1) is 19.3 Å². The Hall–Kier alpha value is -3.35. The molecule has 0 bridgehead atoms. The third-order valence-corrected chi connectivity index (χ3v) is 4.33. The number of urea groups is 1. The van der Waals surface area contributed by atoms with Crippen molar-refractivity contribution in [3.05, 3.63) is 60.2 Å². The van der Waals surface area contributed by atoms with Gasteiger partial charge in [0.25, 0.3) is 5.91 Å². The monoisotopic (exact) mass is 367 g/mol. The molecule has 1 unspecified atom stereocenters. The van der Waals surface area contributed by atoms with E-state index in [1.54, 1.807) is 18.2 Å². The Morgan fingerprint density at radius 2 is 1.81 bits per heavy atom. The molecule has 1 aliphatic heterocycles. The van der Waals surface area contributed by atoms with Crippen molar-refractivity contribution in [3.8, 4) is 5.75 Å². The minimum atomic E-state index is -0.690. The van der Waals surface area contributed by atoms with E-state index in [0.29, 0.717) is 11.4 Å². The molecule has 1 atom stereocenters. The lowest BCUT2D eigenvalue weighted by Crippen LogP contribution is -2.31. The molecule has 0 radical (unpaired) electrons. The standard InChI is InChI=1S/C20H21N3O4/c1-27-17-10-6-5-9-15(17)21-18(24)12-11-16-19(25)23(20(26)22-16)13-14-7-3-2-4-8-14/h2-10,16H,11-13H2,1H3,(H,21,24)(H,22,26). The second kappa shape index (κ2) is 8.35. The molecule has 7 nitrogen and oxygen atoms in total. The van der Waals surface area contributed by atoms with Gasteiger partial charge in [-0.1, -0.05) is 42.5 Å². The highest BCUT2D eigenvalue weighted by molar-refractivity contribution is 6.04. The summed E-state index contributed by atoms with van der Waals surface area (Å²) in [5.74, 6) is 0.00198. The van der Waals surface area contributed by atoms with E-state index >= 15 is 0 Å². The second-order valence-electron chi connectivity index (χ2n) is 6.20. The van der Waals surface area contributed by atoms with Crippen LogP contribution in [0.4, 0.5) is 10.5 Å². The average molecular weight is 367 g/mol. The first kappa shape index (κ1) is 18.4. The highest BCUT2D eigenvalue weighted by Crippen LogP contribution is 2.23. The highest BCUT2D eigenvalue weighted by atomic mass is 16.5. The van der Waals surface area contributed by atoms with E-state index in [4.69, 9.17) is 4.74 Å². The average Bonchev–Trinajstić information content (AvgIpc) is 2.95. The molecule has 1 saturated heterocycles. The van der Waals surface area contributed by atoms with Crippen molar-refractivity contribution in [2.75, 3.05) is 12.4 Å². The molecule has 4 amide bonds. The van der Waals surface area contributed by atoms with Crippen LogP contribution in [-0.2, 0) is 16.1 Å². The lowest BCUT2D eigenvalue weighted by atomic mass is 10.1. The van der Waals surface area contributed by atoms with Crippen molar-refractivity contribution in [1.82, 2.24) is 10.2 Å². The van der Waals surface area contributed by atoms with Gasteiger partial charge in [-0.25, -0.2) is 4.79 Å². The molecule has 140 valence electrons. The maximum absolute atomic E-state index is 12.5. The van der Waals surface area contributed by atoms with Gasteiger partial charge in [0.1, 0.15) is 11.8 Å². The zero-order chi connectivity index (χ0) is 19.2. The number of methoxy groups -OCH3 is 1. The molecular formula is C20H21N3O4. The Morgan fingerprint density at radius 3 is 2.56 bits per heavy atom. The number of nitrogens with one attached hydrogen (secondary N) is 2. The number of carbonyl (C=O) groups excluding carboxylic acids is 3. The number of hydrogen-bond donors (Lipinski definition) is 2. The van der Waals surface area contributed by atoms with Gasteiger partial charge < -0.3 is 15.4 Å². The van der Waals surface area contributed by atoms with Crippen LogP contribution >= 0.6 is 0 Å². The van der Waals surface area contributed by atoms with E-state index in [1.807, 2.05) is 36.4 Å². The number of hydrogen-bond acceptors (Lipinski definition) is 4. The fourth-order valence-corrected chi connectivity index (χ4v) is 2.92. The molecule has 0 aromatic heterocycles. The minimum Gasteiger partial charge on any atom is -0.495 e. The molecule has 3 rings (SSSR count). The number of imide groups is 1. The van der Waals surface area contributed by atoms with Gasteiger partial charge in [0, 0.05) is 6.42 Å². The summed E-state index contributed by atoms with van der Waals surface area (Å²) in [6, 6.07) is 15.3. The first-order valence-electron chi connectivity index (χ1n) is 8.67. The van der Waals surface area contributed by atoms with Crippen LogP contribution < -0.4 is 15.4 Å². The molecule has 27 heavy (non-hydrogen) atoms. The fourth-order valence-electron chi connectivity index (χ4n) is 2.92. The predicted molar refractivity (Wildman–Crippen MR) is 100 cm³/mol. The molecule has 7 heteroatoms. The SMILES string of the molecule is COc1ccccc1NC(=O)CCC1NC(=O)N(Cc2ccccc2)C1=O. The van der Waals surface area contributed by atoms with E-state index in [0.717, 1.165) is 5.56 Å². The van der Waals surface area contributed by atoms with Gasteiger partial charge in [-0.15, -0.1) is 0 Å². The Balaban J connectivity index is 1.54. The molecule has 1 fully saturated rings. The van der Waals surface area contributed by atoms with Gasteiger partial charge >= 0.3 is 6.03 Å². The van der Waals surface area contributed by atoms with Crippen molar-refractivity contribution < 1.29 is 19.1 Å². The fraction of sp³-hybridized carbons (Fsp3) is 0.250. The van der Waals surface area contributed by atoms with Crippen molar-refractivity contribution >= 4 is 23.5 Å². The van der Waals surface area contributed by atoms with E-state index in [1.165, 1.54) is 12.0 Å². The number of carbonyl (C=O) groups is 3. The van der Waals surface area contributed by atoms with Crippen LogP contribution in [-0.4, -0.2) is 35.9 Å². The number of ether oxygens (including phenoxy) is 1. The Labute approximate surface area is 157 Å². The van der Waals surface area contributed by atoms with Gasteiger partial charge in [0.2, 0.25) is 5.91 Å². The van der Waals surface area contributed by atoms with E-state index in [9.17, 15) is 14.4 Å². The number of benzene rings is 2. The molecule has 0 saturated carbocycles. The quantitative estimate of drug-likeness (QED) is 0.736. The lowest BCUT2D eigenvalue weighted by Gasteiger charge is -2.13. The largest absolute Gasteiger partial charge is 0.495 e. The molecule has 2 N–H and O–H groups in total. The summed E-state index contributed by atoms with van der Waals surface area (Å²) in [5, 5.41) is 5.41. The molecular weight excluding hydrogens is 346 g/mol. The minimum absolute atomic E-state index is 0.105. The molecule has 1 aliphatic rings. The lowest BCUT2D eigenvalue weighted by molar-refractivity contribution is -0.128. The van der Waals surface area contributed by atoms with Crippen molar-refractivity contribution in [2.24, 2.45) is 0 Å². The maximum atomic E-state index is 12.5. The summed E-state index contributed by atoms with van der Waals surface area (Å²) in [4.78, 5) is 38.0. The number of para-hydroxylation sites is 2. The van der Waals surface area contributed by atoms with Crippen LogP contribution in [0.3, 0.4) is 0 Å². The number of anilines is 1. The van der Waals surface area contributed by atoms with E-state index < -0.39 is 12.1 Å². The smallest absolute Gasteiger partial charge is 0.325 e. The molecule has 2 aromatic carbocycles. The summed E-state index contributed by atoms with van der Waals surface area (Å²) in [6.07, 6.45) is 0.338. The Morgan fingerprint density at radius 1 is 1.11 bits per heavy atom. The summed E-state index contributed by atoms with van der Waals surface area (Å²) in [7, 11) is 1.53. The number of nitrogens with zero attached hydrogens (tertiary/aromatic N) is 1. The summed E-state index contributed by atoms with van der Waals surface area (Å²) in [6.45, 7) is 0.218. The Kier molecular flexibility index (Phi) is 5.71. The summed E-state index contributed by atoms with van der Waals surface area (Å²) in [5.41, 5.74) is 1.44. The van der Waals surface area contributed by atoms with Gasteiger partial charge in [-0.3, -0.25) is 14.5 Å². The maximum Gasteiger partial charge on any atom is 0.325 e. The Bertz CT molecular complexity index is 838. The van der Waals surface area contributed by atoms with Crippen LogP contribution in [0.2, 0.25) is 0 Å². The first-order chi connectivity index (χ1) is 13.1. The molecule has 0 aliphatic carbocycles. The van der Waals surface area contributed by atoms with E-state index in [-0.39, 0.29) is 31.2 Å². The van der Waals surface area contributed by atoms with Crippen molar-refractivity contribution in [3.63, 3.8) is 0 Å². The number of amides is 4. The predicted octanol–water partition coefficient (Wildman–Crippen LogP) is 2.53. The van der Waals surface area contributed by atoms with Crippen LogP contribution in [0.15, 0.2) is 54.6 Å². The van der Waals surface area contributed by atoms with Gasteiger partial charge in [-0.2, -0.15) is 0 Å². The third-order valence-electron chi connectivity index (χ3n) is 4.33. The number of rotatable bonds is 7. The van der Waals surface area contributed by atoms with Gasteiger partial charge in [-0.05, 0) is 24.1 Å². The second-order valence-corrected chi connectivity index (χ2v) is 6.20. The van der Waals surface area contributed by atoms with Gasteiger partial charge in [0.15, 0.2) is 0 Å². The van der Waals surface area contributed by atoms with Crippen LogP contribution in [0.5, 0.6) is 5.75 Å².